The van der Waals surface area contributed by atoms with Crippen LogP contribution in [0.1, 0.15) is 18.8 Å². The summed E-state index contributed by atoms with van der Waals surface area (Å²) in [5.41, 5.74) is 6.18. The van der Waals surface area contributed by atoms with Crippen molar-refractivity contribution in [3.63, 3.8) is 0 Å². The minimum atomic E-state index is -0.0167. The Morgan fingerprint density at radius 1 is 1.44 bits per heavy atom. The molecule has 0 amide bonds. The monoisotopic (exact) mass is 246 g/mol. The van der Waals surface area contributed by atoms with Crippen LogP contribution < -0.4 is 16.6 Å². The van der Waals surface area contributed by atoms with Crippen molar-refractivity contribution in [3.8, 4) is 0 Å². The molecule has 0 saturated heterocycles. The van der Waals surface area contributed by atoms with E-state index in [0.29, 0.717) is 18.5 Å². The zero-order valence-electron chi connectivity index (χ0n) is 10.7. The predicted octanol–water partition coefficient (Wildman–Crippen LogP) is 0.543. The van der Waals surface area contributed by atoms with E-state index in [9.17, 15) is 4.79 Å². The fraction of sp³-hybridized carbons (Fsp3) is 0.385. The topological polar surface area (TPSA) is 72.9 Å². The minimum Gasteiger partial charge on any atom is -0.329 e. The third kappa shape index (κ3) is 2.27. The van der Waals surface area contributed by atoms with Gasteiger partial charge < -0.3 is 11.1 Å². The Morgan fingerprint density at radius 2 is 2.17 bits per heavy atom. The number of aromatic nitrogens is 2. The summed E-state index contributed by atoms with van der Waals surface area (Å²) >= 11 is 0. The third-order valence-corrected chi connectivity index (χ3v) is 3.00. The number of nitrogens with zero attached hydrogens (tertiary/aromatic N) is 2. The highest BCUT2D eigenvalue weighted by Gasteiger charge is 2.13. The summed E-state index contributed by atoms with van der Waals surface area (Å²) < 4.78 is 1.59. The number of nitrogens with two attached hydrogens (primary N) is 1. The van der Waals surface area contributed by atoms with Crippen molar-refractivity contribution in [3.05, 3.63) is 40.4 Å². The van der Waals surface area contributed by atoms with Crippen molar-refractivity contribution in [2.24, 2.45) is 12.8 Å². The van der Waals surface area contributed by atoms with Crippen LogP contribution in [0.4, 0.5) is 0 Å². The highest BCUT2D eigenvalue weighted by Crippen LogP contribution is 2.12. The van der Waals surface area contributed by atoms with Crippen LogP contribution in [0.15, 0.2) is 29.1 Å². The van der Waals surface area contributed by atoms with Gasteiger partial charge >= 0.3 is 0 Å². The molecule has 18 heavy (non-hydrogen) atoms. The van der Waals surface area contributed by atoms with Gasteiger partial charge in [-0.3, -0.25) is 9.36 Å². The molecule has 0 aliphatic heterocycles. The molecule has 96 valence electrons. The van der Waals surface area contributed by atoms with Crippen LogP contribution in [-0.2, 0) is 7.05 Å². The van der Waals surface area contributed by atoms with Crippen molar-refractivity contribution in [1.82, 2.24) is 14.9 Å². The number of benzene rings is 1. The van der Waals surface area contributed by atoms with Gasteiger partial charge in [0.25, 0.3) is 5.56 Å². The van der Waals surface area contributed by atoms with Crippen molar-refractivity contribution in [1.29, 1.82) is 0 Å². The lowest BCUT2D eigenvalue weighted by molar-refractivity contribution is 0.527. The zero-order chi connectivity index (χ0) is 13.1. The molecular weight excluding hydrogens is 228 g/mol. The summed E-state index contributed by atoms with van der Waals surface area (Å²) in [7, 11) is 1.75. The molecular formula is C13H18N4O. The van der Waals surface area contributed by atoms with Gasteiger partial charge in [0.2, 0.25) is 0 Å². The first-order chi connectivity index (χ1) is 8.65. The summed E-state index contributed by atoms with van der Waals surface area (Å²) in [6.07, 6.45) is 0. The number of para-hydroxylation sites is 1. The molecule has 1 aromatic heterocycles. The van der Waals surface area contributed by atoms with Gasteiger partial charge in [-0.05, 0) is 19.1 Å². The Bertz CT molecular complexity index is 605. The van der Waals surface area contributed by atoms with Crippen LogP contribution in [0.3, 0.4) is 0 Å². The minimum absolute atomic E-state index is 0.00384. The first-order valence-corrected chi connectivity index (χ1v) is 6.04. The van der Waals surface area contributed by atoms with Gasteiger partial charge in [0.15, 0.2) is 0 Å². The van der Waals surface area contributed by atoms with E-state index in [1.165, 1.54) is 0 Å². The summed E-state index contributed by atoms with van der Waals surface area (Å²) in [6.45, 7) is 3.24. The molecule has 2 aromatic rings. The predicted molar refractivity (Wildman–Crippen MR) is 72.5 cm³/mol. The molecule has 0 aliphatic carbocycles. The maximum absolute atomic E-state index is 12.2. The lowest BCUT2D eigenvalue weighted by Gasteiger charge is -2.16. The van der Waals surface area contributed by atoms with E-state index in [1.54, 1.807) is 17.7 Å². The molecule has 1 aromatic carbocycles. The Morgan fingerprint density at radius 3 is 2.89 bits per heavy atom. The van der Waals surface area contributed by atoms with Crippen LogP contribution in [0, 0.1) is 0 Å². The number of hydrogen-bond donors (Lipinski definition) is 2. The smallest absolute Gasteiger partial charge is 0.261 e. The second kappa shape index (κ2) is 5.29. The largest absolute Gasteiger partial charge is 0.329 e. The average Bonchev–Trinajstić information content (AvgIpc) is 2.40. The van der Waals surface area contributed by atoms with Crippen LogP contribution in [0.25, 0.3) is 10.9 Å². The highest BCUT2D eigenvalue weighted by atomic mass is 16.1. The summed E-state index contributed by atoms with van der Waals surface area (Å²) in [4.78, 5) is 16.7. The van der Waals surface area contributed by atoms with Gasteiger partial charge in [-0.1, -0.05) is 12.1 Å². The normalized spacial score (nSPS) is 12.8. The molecule has 0 radical (unpaired) electrons. The Hall–Kier alpha value is -1.72. The quantitative estimate of drug-likeness (QED) is 0.826. The third-order valence-electron chi connectivity index (χ3n) is 3.00. The van der Waals surface area contributed by atoms with Gasteiger partial charge in [-0.2, -0.15) is 0 Å². The van der Waals surface area contributed by atoms with Crippen molar-refractivity contribution in [2.45, 2.75) is 13.0 Å². The van der Waals surface area contributed by atoms with Crippen molar-refractivity contribution in [2.75, 3.05) is 13.1 Å². The van der Waals surface area contributed by atoms with Gasteiger partial charge in [0.1, 0.15) is 5.82 Å². The van der Waals surface area contributed by atoms with Gasteiger partial charge in [-0.15, -0.1) is 0 Å². The molecule has 0 bridgehead atoms. The molecule has 1 heterocycles. The maximum Gasteiger partial charge on any atom is 0.261 e. The second-order valence-corrected chi connectivity index (χ2v) is 4.32. The number of hydrogen-bond acceptors (Lipinski definition) is 4. The molecule has 5 heteroatoms. The number of rotatable bonds is 4. The van der Waals surface area contributed by atoms with Crippen LogP contribution in [0.5, 0.6) is 0 Å². The van der Waals surface area contributed by atoms with E-state index >= 15 is 0 Å². The molecule has 0 spiro atoms. The fourth-order valence-electron chi connectivity index (χ4n) is 2.01. The van der Waals surface area contributed by atoms with E-state index < -0.39 is 0 Å². The van der Waals surface area contributed by atoms with E-state index in [1.807, 2.05) is 25.1 Å². The molecule has 0 fully saturated rings. The maximum atomic E-state index is 12.2. The molecule has 0 saturated carbocycles. The van der Waals surface area contributed by atoms with Gasteiger partial charge in [0, 0.05) is 20.1 Å². The van der Waals surface area contributed by atoms with E-state index in [0.717, 1.165) is 11.3 Å². The summed E-state index contributed by atoms with van der Waals surface area (Å²) in [6, 6.07) is 7.39. The van der Waals surface area contributed by atoms with Crippen LogP contribution in [-0.4, -0.2) is 22.6 Å². The SMILES string of the molecule is CC(NCCN)c1nc2ccccc2c(=O)n1C. The average molecular weight is 246 g/mol. The van der Waals surface area contributed by atoms with Crippen molar-refractivity contribution >= 4 is 10.9 Å². The first-order valence-electron chi connectivity index (χ1n) is 6.04. The standard InChI is InChI=1S/C13H18N4O/c1-9(15-8-7-14)12-16-11-6-4-3-5-10(11)13(18)17(12)2/h3-6,9,15H,7-8,14H2,1-2H3. The van der Waals surface area contributed by atoms with E-state index in [-0.39, 0.29) is 11.6 Å². The van der Waals surface area contributed by atoms with Crippen LogP contribution >= 0.6 is 0 Å². The fourth-order valence-corrected chi connectivity index (χ4v) is 2.01. The van der Waals surface area contributed by atoms with E-state index in [2.05, 4.69) is 10.3 Å². The molecule has 1 unspecified atom stereocenters. The molecule has 2 rings (SSSR count). The Balaban J connectivity index is 2.51. The van der Waals surface area contributed by atoms with Crippen LogP contribution in [0.2, 0.25) is 0 Å². The molecule has 0 aliphatic rings. The second-order valence-electron chi connectivity index (χ2n) is 4.32. The lowest BCUT2D eigenvalue weighted by Crippen LogP contribution is -2.31. The first kappa shape index (κ1) is 12.7. The summed E-state index contributed by atoms with van der Waals surface area (Å²) in [5, 5.41) is 3.88. The lowest BCUT2D eigenvalue weighted by atomic mass is 10.2. The zero-order valence-corrected chi connectivity index (χ0v) is 10.7. The van der Waals surface area contributed by atoms with E-state index in [4.69, 9.17) is 5.73 Å². The number of fused-ring (bicyclic) bond motifs is 1. The molecule has 3 N–H and O–H groups in total. The Labute approximate surface area is 106 Å². The number of nitrogens with one attached hydrogen (secondary N) is 1. The highest BCUT2D eigenvalue weighted by molar-refractivity contribution is 5.77. The molecule has 1 atom stereocenters. The van der Waals surface area contributed by atoms with Gasteiger partial charge in [0.05, 0.1) is 16.9 Å². The Kier molecular flexibility index (Phi) is 3.74. The van der Waals surface area contributed by atoms with Crippen molar-refractivity contribution < 1.29 is 0 Å². The molecule has 5 nitrogen and oxygen atoms in total. The summed E-state index contributed by atoms with van der Waals surface area (Å²) in [5.74, 6) is 0.729. The van der Waals surface area contributed by atoms with Gasteiger partial charge in [-0.25, -0.2) is 4.98 Å².